The molecule has 0 unspecified atom stereocenters. The standard InChI is InChI=1S/C48H31BN2O/c1-3-17-35(18-4-1)50(36-19-5-2-6-20-36)43-31-45-47(40-23-12-11-22-39(40)43)49-46-38-21-10-9-15-33(38)27-29-42(46)51(41-24-13-25-44(52-45)48(41)49)37-28-26-32-14-7-8-16-34(32)30-37/h1-31H. The van der Waals surface area contributed by atoms with Gasteiger partial charge in [0.25, 0.3) is 6.71 Å². The molecule has 2 aliphatic heterocycles. The van der Waals surface area contributed by atoms with Crippen molar-refractivity contribution in [3.05, 3.63) is 188 Å². The van der Waals surface area contributed by atoms with Crippen molar-refractivity contribution in [2.75, 3.05) is 9.80 Å². The Bertz CT molecular complexity index is 2810. The van der Waals surface area contributed by atoms with E-state index in [4.69, 9.17) is 4.74 Å². The maximum absolute atomic E-state index is 7.12. The summed E-state index contributed by atoms with van der Waals surface area (Å²) in [5.41, 5.74) is 10.5. The lowest BCUT2D eigenvalue weighted by Crippen LogP contribution is -2.60. The van der Waals surface area contributed by atoms with Gasteiger partial charge in [0.1, 0.15) is 11.5 Å². The van der Waals surface area contributed by atoms with E-state index in [1.807, 2.05) is 0 Å². The molecule has 242 valence electrons. The van der Waals surface area contributed by atoms with Gasteiger partial charge in [-0.25, -0.2) is 0 Å². The van der Waals surface area contributed by atoms with Crippen LogP contribution in [0, 0.1) is 0 Å². The number of fused-ring (bicyclic) bond motifs is 9. The largest absolute Gasteiger partial charge is 0.458 e. The first-order valence-corrected chi connectivity index (χ1v) is 17.9. The van der Waals surface area contributed by atoms with E-state index < -0.39 is 0 Å². The number of anilines is 6. The molecular formula is C48H31BN2O. The number of ether oxygens (including phenoxy) is 1. The molecule has 0 amide bonds. The average molecular weight is 663 g/mol. The summed E-state index contributed by atoms with van der Waals surface area (Å²) in [4.78, 5) is 4.80. The number of benzene rings is 9. The first kappa shape index (κ1) is 29.0. The fourth-order valence-corrected chi connectivity index (χ4v) is 8.67. The molecule has 9 aromatic rings. The third kappa shape index (κ3) is 4.28. The number of hydrogen-bond acceptors (Lipinski definition) is 3. The van der Waals surface area contributed by atoms with Gasteiger partial charge in [-0.3, -0.25) is 0 Å². The molecule has 4 heteroatoms. The Balaban J connectivity index is 1.22. The maximum Gasteiger partial charge on any atom is 0.258 e. The first-order chi connectivity index (χ1) is 25.8. The first-order valence-electron chi connectivity index (χ1n) is 17.9. The summed E-state index contributed by atoms with van der Waals surface area (Å²) in [5.74, 6) is 1.78. The smallest absolute Gasteiger partial charge is 0.258 e. The monoisotopic (exact) mass is 662 g/mol. The second-order valence-electron chi connectivity index (χ2n) is 13.7. The third-order valence-corrected chi connectivity index (χ3v) is 10.8. The molecule has 0 atom stereocenters. The molecule has 9 aromatic carbocycles. The Morgan fingerprint density at radius 1 is 0.404 bits per heavy atom. The highest BCUT2D eigenvalue weighted by Crippen LogP contribution is 2.46. The molecule has 11 rings (SSSR count). The van der Waals surface area contributed by atoms with Crippen molar-refractivity contribution < 1.29 is 4.74 Å². The highest BCUT2D eigenvalue weighted by Gasteiger charge is 2.44. The van der Waals surface area contributed by atoms with Gasteiger partial charge in [0.05, 0.1) is 5.69 Å². The fourth-order valence-electron chi connectivity index (χ4n) is 8.67. The van der Waals surface area contributed by atoms with E-state index in [0.29, 0.717) is 0 Å². The number of nitrogens with zero attached hydrogens (tertiary/aromatic N) is 2. The Hall–Kier alpha value is -6.78. The van der Waals surface area contributed by atoms with Crippen molar-refractivity contribution in [1.82, 2.24) is 0 Å². The summed E-state index contributed by atoms with van der Waals surface area (Å²) in [6.45, 7) is -0.0476. The second kappa shape index (κ2) is 11.4. The van der Waals surface area contributed by atoms with Crippen LogP contribution in [0.25, 0.3) is 32.3 Å². The molecule has 0 N–H and O–H groups in total. The molecule has 0 bridgehead atoms. The van der Waals surface area contributed by atoms with Crippen LogP contribution < -0.4 is 30.9 Å². The van der Waals surface area contributed by atoms with Gasteiger partial charge < -0.3 is 14.5 Å². The van der Waals surface area contributed by atoms with Gasteiger partial charge in [0.15, 0.2) is 0 Å². The molecule has 0 spiro atoms. The predicted octanol–water partition coefficient (Wildman–Crippen LogP) is 11.0. The van der Waals surface area contributed by atoms with Crippen molar-refractivity contribution in [3.8, 4) is 11.5 Å². The lowest BCUT2D eigenvalue weighted by molar-refractivity contribution is 0.488. The van der Waals surface area contributed by atoms with Gasteiger partial charge in [0, 0.05) is 39.9 Å². The highest BCUT2D eigenvalue weighted by molar-refractivity contribution is 7.02. The summed E-state index contributed by atoms with van der Waals surface area (Å²) >= 11 is 0. The summed E-state index contributed by atoms with van der Waals surface area (Å²) in [5, 5.41) is 7.30. The lowest BCUT2D eigenvalue weighted by Gasteiger charge is -2.41. The van der Waals surface area contributed by atoms with E-state index in [9.17, 15) is 0 Å². The molecule has 2 aliphatic rings. The molecular weight excluding hydrogens is 631 g/mol. The summed E-state index contributed by atoms with van der Waals surface area (Å²) in [7, 11) is 0. The Morgan fingerprint density at radius 2 is 1.02 bits per heavy atom. The second-order valence-corrected chi connectivity index (χ2v) is 13.7. The van der Waals surface area contributed by atoms with Crippen LogP contribution >= 0.6 is 0 Å². The quantitative estimate of drug-likeness (QED) is 0.175. The van der Waals surface area contributed by atoms with Crippen LogP contribution in [0.2, 0.25) is 0 Å². The van der Waals surface area contributed by atoms with E-state index in [2.05, 4.69) is 198 Å². The van der Waals surface area contributed by atoms with Gasteiger partial charge in [-0.2, -0.15) is 0 Å². The van der Waals surface area contributed by atoms with Crippen molar-refractivity contribution in [2.45, 2.75) is 0 Å². The van der Waals surface area contributed by atoms with Crippen LogP contribution in [-0.2, 0) is 0 Å². The normalized spacial score (nSPS) is 12.7. The Kier molecular flexibility index (Phi) is 6.35. The Morgan fingerprint density at radius 3 is 1.79 bits per heavy atom. The summed E-state index contributed by atoms with van der Waals surface area (Å²) in [6, 6.07) is 67.8. The molecule has 52 heavy (non-hydrogen) atoms. The molecule has 0 saturated heterocycles. The van der Waals surface area contributed by atoms with Crippen molar-refractivity contribution >= 4 is 89.5 Å². The molecule has 0 aromatic heterocycles. The highest BCUT2D eigenvalue weighted by atomic mass is 16.5. The summed E-state index contributed by atoms with van der Waals surface area (Å²) in [6.07, 6.45) is 0. The van der Waals surface area contributed by atoms with Crippen LogP contribution in [-0.4, -0.2) is 6.71 Å². The fraction of sp³-hybridized carbons (Fsp3) is 0. The topological polar surface area (TPSA) is 15.7 Å². The van der Waals surface area contributed by atoms with Gasteiger partial charge in [-0.05, 0) is 97.9 Å². The number of para-hydroxylation sites is 2. The van der Waals surface area contributed by atoms with Gasteiger partial charge in [0.2, 0.25) is 0 Å². The number of hydrogen-bond donors (Lipinski definition) is 0. The predicted molar refractivity (Wildman–Crippen MR) is 219 cm³/mol. The third-order valence-electron chi connectivity index (χ3n) is 10.8. The van der Waals surface area contributed by atoms with Gasteiger partial charge in [-0.15, -0.1) is 0 Å². The van der Waals surface area contributed by atoms with Crippen LogP contribution in [0.15, 0.2) is 188 Å². The van der Waals surface area contributed by atoms with E-state index >= 15 is 0 Å². The molecule has 0 radical (unpaired) electrons. The van der Waals surface area contributed by atoms with Gasteiger partial charge in [-0.1, -0.05) is 127 Å². The van der Waals surface area contributed by atoms with Crippen molar-refractivity contribution in [3.63, 3.8) is 0 Å². The van der Waals surface area contributed by atoms with E-state index in [1.165, 1.54) is 54.4 Å². The van der Waals surface area contributed by atoms with E-state index in [1.54, 1.807) is 0 Å². The van der Waals surface area contributed by atoms with Crippen LogP contribution in [0.3, 0.4) is 0 Å². The minimum absolute atomic E-state index is 0.0476. The molecule has 0 fully saturated rings. The summed E-state index contributed by atoms with van der Waals surface area (Å²) < 4.78 is 7.12. The van der Waals surface area contributed by atoms with E-state index in [-0.39, 0.29) is 6.71 Å². The Labute approximate surface area is 302 Å². The van der Waals surface area contributed by atoms with Crippen LogP contribution in [0.5, 0.6) is 11.5 Å². The van der Waals surface area contributed by atoms with Crippen molar-refractivity contribution in [2.24, 2.45) is 0 Å². The SMILES string of the molecule is c1ccc(N(c2ccccc2)c2cc3c(c4ccccc24)B2c4c(cccc4N(c4ccc5ccccc5c4)c4ccc5ccccc5c42)O3)cc1. The zero-order valence-corrected chi connectivity index (χ0v) is 28.3. The minimum Gasteiger partial charge on any atom is -0.458 e. The minimum atomic E-state index is -0.0476. The maximum atomic E-state index is 7.12. The van der Waals surface area contributed by atoms with E-state index in [0.717, 1.165) is 39.9 Å². The van der Waals surface area contributed by atoms with Gasteiger partial charge >= 0.3 is 0 Å². The molecule has 3 nitrogen and oxygen atoms in total. The lowest BCUT2D eigenvalue weighted by atomic mass is 9.33. The van der Waals surface area contributed by atoms with Crippen LogP contribution in [0.1, 0.15) is 0 Å². The molecule has 0 aliphatic carbocycles. The zero-order chi connectivity index (χ0) is 34.2. The average Bonchev–Trinajstić information content (AvgIpc) is 3.21. The molecule has 0 saturated carbocycles. The molecule has 2 heterocycles. The number of rotatable bonds is 4. The van der Waals surface area contributed by atoms with Crippen LogP contribution in [0.4, 0.5) is 34.1 Å². The zero-order valence-electron chi connectivity index (χ0n) is 28.3. The van der Waals surface area contributed by atoms with Crippen molar-refractivity contribution in [1.29, 1.82) is 0 Å².